The number of hydrogen-bond donors (Lipinski definition) is 1. The lowest BCUT2D eigenvalue weighted by Gasteiger charge is -2.31. The summed E-state index contributed by atoms with van der Waals surface area (Å²) in [6.07, 6.45) is 0.148. The molecule has 140 valence electrons. The SMILES string of the molecule is C[C@@H]1Oc2ccccc2O[C@@H]1C(=O)Nc1ccc(N2CCCC2=O)c(Cl)c1. The molecule has 2 aliphatic heterocycles. The van der Waals surface area contributed by atoms with E-state index in [9.17, 15) is 9.59 Å². The van der Waals surface area contributed by atoms with Gasteiger partial charge in [0.05, 0.1) is 10.7 Å². The van der Waals surface area contributed by atoms with Crippen LogP contribution in [-0.2, 0) is 9.59 Å². The Balaban J connectivity index is 1.48. The molecule has 27 heavy (non-hydrogen) atoms. The van der Waals surface area contributed by atoms with Gasteiger partial charge in [-0.05, 0) is 43.7 Å². The van der Waals surface area contributed by atoms with Crippen LogP contribution in [0.2, 0.25) is 5.02 Å². The molecule has 0 unspecified atom stereocenters. The maximum absolute atomic E-state index is 12.7. The van der Waals surface area contributed by atoms with Gasteiger partial charge in [-0.3, -0.25) is 9.59 Å². The van der Waals surface area contributed by atoms with Crippen molar-refractivity contribution in [1.82, 2.24) is 0 Å². The molecular formula is C20H19ClN2O4. The van der Waals surface area contributed by atoms with Crippen LogP contribution in [0.5, 0.6) is 11.5 Å². The van der Waals surface area contributed by atoms with Crippen LogP contribution in [-0.4, -0.2) is 30.6 Å². The number of para-hydroxylation sites is 2. The molecule has 2 heterocycles. The minimum atomic E-state index is -0.779. The quantitative estimate of drug-likeness (QED) is 0.874. The number of carbonyl (C=O) groups is 2. The molecule has 1 fully saturated rings. The highest BCUT2D eigenvalue weighted by Crippen LogP contribution is 2.35. The summed E-state index contributed by atoms with van der Waals surface area (Å²) in [4.78, 5) is 26.2. The summed E-state index contributed by atoms with van der Waals surface area (Å²) in [6, 6.07) is 12.4. The summed E-state index contributed by atoms with van der Waals surface area (Å²) < 4.78 is 11.6. The smallest absolute Gasteiger partial charge is 0.269 e. The van der Waals surface area contributed by atoms with Crippen molar-refractivity contribution < 1.29 is 19.1 Å². The molecule has 1 N–H and O–H groups in total. The van der Waals surface area contributed by atoms with Gasteiger partial charge >= 0.3 is 0 Å². The second-order valence-corrected chi connectivity index (χ2v) is 7.02. The van der Waals surface area contributed by atoms with Crippen LogP contribution in [0.15, 0.2) is 42.5 Å². The number of fused-ring (bicyclic) bond motifs is 1. The Labute approximate surface area is 162 Å². The third-order valence-corrected chi connectivity index (χ3v) is 4.98. The van der Waals surface area contributed by atoms with Crippen molar-refractivity contribution in [2.45, 2.75) is 32.0 Å². The molecule has 6 nitrogen and oxygen atoms in total. The number of amides is 2. The Morgan fingerprint density at radius 3 is 2.59 bits per heavy atom. The normalized spacial score (nSPS) is 21.3. The van der Waals surface area contributed by atoms with Crippen molar-refractivity contribution in [2.24, 2.45) is 0 Å². The van der Waals surface area contributed by atoms with Gasteiger partial charge in [0.15, 0.2) is 11.5 Å². The number of benzene rings is 2. The fourth-order valence-electron chi connectivity index (χ4n) is 3.33. The first kappa shape index (κ1) is 17.7. The largest absolute Gasteiger partial charge is 0.482 e. The van der Waals surface area contributed by atoms with Crippen LogP contribution >= 0.6 is 11.6 Å². The number of nitrogens with zero attached hydrogens (tertiary/aromatic N) is 1. The van der Waals surface area contributed by atoms with E-state index < -0.39 is 12.2 Å². The first-order valence-corrected chi connectivity index (χ1v) is 9.24. The Morgan fingerprint density at radius 1 is 1.19 bits per heavy atom. The number of carbonyl (C=O) groups excluding carboxylic acids is 2. The van der Waals surface area contributed by atoms with Crippen molar-refractivity contribution in [3.63, 3.8) is 0 Å². The predicted octanol–water partition coefficient (Wildman–Crippen LogP) is 3.63. The number of anilines is 2. The summed E-state index contributed by atoms with van der Waals surface area (Å²) in [6.45, 7) is 2.45. The summed E-state index contributed by atoms with van der Waals surface area (Å²) in [5.41, 5.74) is 1.20. The second-order valence-electron chi connectivity index (χ2n) is 6.61. The molecule has 0 aliphatic carbocycles. The van der Waals surface area contributed by atoms with E-state index in [-0.39, 0.29) is 11.8 Å². The van der Waals surface area contributed by atoms with E-state index in [0.29, 0.717) is 40.9 Å². The maximum atomic E-state index is 12.7. The average molecular weight is 387 g/mol. The molecule has 0 aromatic heterocycles. The second kappa shape index (κ2) is 7.12. The van der Waals surface area contributed by atoms with Crippen molar-refractivity contribution in [3.8, 4) is 11.5 Å². The van der Waals surface area contributed by atoms with E-state index >= 15 is 0 Å². The molecule has 1 saturated heterocycles. The monoisotopic (exact) mass is 386 g/mol. The predicted molar refractivity (Wildman–Crippen MR) is 103 cm³/mol. The minimum Gasteiger partial charge on any atom is -0.482 e. The molecule has 7 heteroatoms. The van der Waals surface area contributed by atoms with Gasteiger partial charge in [0, 0.05) is 18.7 Å². The molecular weight excluding hydrogens is 368 g/mol. The first-order valence-electron chi connectivity index (χ1n) is 8.86. The first-order chi connectivity index (χ1) is 13.0. The molecule has 2 aliphatic rings. The van der Waals surface area contributed by atoms with Crippen LogP contribution in [0.1, 0.15) is 19.8 Å². The Hall–Kier alpha value is -2.73. The number of nitrogens with one attached hydrogen (secondary N) is 1. The van der Waals surface area contributed by atoms with Crippen molar-refractivity contribution in [1.29, 1.82) is 0 Å². The van der Waals surface area contributed by atoms with E-state index in [1.807, 2.05) is 12.1 Å². The van der Waals surface area contributed by atoms with E-state index in [2.05, 4.69) is 5.32 Å². The van der Waals surface area contributed by atoms with Crippen LogP contribution < -0.4 is 19.7 Å². The number of rotatable bonds is 3. The van der Waals surface area contributed by atoms with Gasteiger partial charge in [0.2, 0.25) is 12.0 Å². The van der Waals surface area contributed by atoms with E-state index in [1.54, 1.807) is 42.2 Å². The highest BCUT2D eigenvalue weighted by atomic mass is 35.5. The van der Waals surface area contributed by atoms with Gasteiger partial charge < -0.3 is 19.7 Å². The molecule has 0 spiro atoms. The zero-order valence-corrected chi connectivity index (χ0v) is 15.5. The zero-order valence-electron chi connectivity index (χ0n) is 14.8. The lowest BCUT2D eigenvalue weighted by atomic mass is 10.1. The third kappa shape index (κ3) is 3.45. The van der Waals surface area contributed by atoms with E-state index in [0.717, 1.165) is 6.42 Å². The Bertz CT molecular complexity index is 901. The fourth-order valence-corrected chi connectivity index (χ4v) is 3.61. The Morgan fingerprint density at radius 2 is 1.93 bits per heavy atom. The summed E-state index contributed by atoms with van der Waals surface area (Å²) >= 11 is 6.34. The zero-order chi connectivity index (χ0) is 19.0. The van der Waals surface area contributed by atoms with Gasteiger partial charge in [-0.25, -0.2) is 0 Å². The van der Waals surface area contributed by atoms with E-state index in [4.69, 9.17) is 21.1 Å². The molecule has 4 rings (SSSR count). The fraction of sp³-hybridized carbons (Fsp3) is 0.300. The summed E-state index contributed by atoms with van der Waals surface area (Å²) in [5, 5.41) is 3.23. The van der Waals surface area contributed by atoms with Crippen LogP contribution in [0.3, 0.4) is 0 Å². The van der Waals surface area contributed by atoms with E-state index in [1.165, 1.54) is 0 Å². The highest BCUT2D eigenvalue weighted by Gasteiger charge is 2.34. The molecule has 2 aromatic carbocycles. The molecule has 0 saturated carbocycles. The lowest BCUT2D eigenvalue weighted by Crippen LogP contribution is -2.46. The van der Waals surface area contributed by atoms with Gasteiger partial charge in [-0.1, -0.05) is 23.7 Å². The highest BCUT2D eigenvalue weighted by molar-refractivity contribution is 6.34. The number of ether oxygens (including phenoxy) is 2. The molecule has 2 atom stereocenters. The Kier molecular flexibility index (Phi) is 4.66. The van der Waals surface area contributed by atoms with Crippen LogP contribution in [0, 0.1) is 0 Å². The van der Waals surface area contributed by atoms with Crippen LogP contribution in [0.25, 0.3) is 0 Å². The van der Waals surface area contributed by atoms with Crippen molar-refractivity contribution in [3.05, 3.63) is 47.5 Å². The summed E-state index contributed by atoms with van der Waals surface area (Å²) in [7, 11) is 0. The van der Waals surface area contributed by atoms with Crippen molar-refractivity contribution in [2.75, 3.05) is 16.8 Å². The standard InChI is InChI=1S/C20H19ClN2O4/c1-12-19(27-17-6-3-2-5-16(17)26-12)20(25)22-13-8-9-15(14(21)11-13)23-10-4-7-18(23)24/h2-3,5-6,8-9,11-12,19H,4,7,10H2,1H3,(H,22,25)/t12-,19-/m0/s1. The minimum absolute atomic E-state index is 0.0638. The maximum Gasteiger partial charge on any atom is 0.269 e. The number of hydrogen-bond acceptors (Lipinski definition) is 4. The topological polar surface area (TPSA) is 67.9 Å². The summed E-state index contributed by atoms with van der Waals surface area (Å²) in [5.74, 6) is 0.903. The van der Waals surface area contributed by atoms with Gasteiger partial charge in [-0.2, -0.15) is 0 Å². The molecule has 0 bridgehead atoms. The van der Waals surface area contributed by atoms with Gasteiger partial charge in [0.25, 0.3) is 5.91 Å². The average Bonchev–Trinajstić information content (AvgIpc) is 3.07. The van der Waals surface area contributed by atoms with Gasteiger partial charge in [-0.15, -0.1) is 0 Å². The van der Waals surface area contributed by atoms with Gasteiger partial charge in [0.1, 0.15) is 6.10 Å². The van der Waals surface area contributed by atoms with Crippen molar-refractivity contribution >= 4 is 34.8 Å². The third-order valence-electron chi connectivity index (χ3n) is 4.68. The number of halogens is 1. The molecule has 2 aromatic rings. The van der Waals surface area contributed by atoms with Crippen LogP contribution in [0.4, 0.5) is 11.4 Å². The molecule has 2 amide bonds. The molecule has 0 radical (unpaired) electrons. The lowest BCUT2D eigenvalue weighted by molar-refractivity contribution is -0.128.